The molecule has 1 atom stereocenters. The van der Waals surface area contributed by atoms with E-state index in [0.717, 1.165) is 22.5 Å². The molecule has 4 heteroatoms. The Labute approximate surface area is 90.3 Å². The lowest BCUT2D eigenvalue weighted by Crippen LogP contribution is -2.11. The van der Waals surface area contributed by atoms with E-state index in [0.29, 0.717) is 0 Å². The summed E-state index contributed by atoms with van der Waals surface area (Å²) in [5.74, 6) is 0. The average molecular weight is 263 g/mol. The number of benzene rings is 1. The smallest absolute Gasteiger partial charge is 0.0701 e. The van der Waals surface area contributed by atoms with Crippen LogP contribution >= 0.6 is 27.5 Å². The van der Waals surface area contributed by atoms with Crippen LogP contribution in [0.1, 0.15) is 18.0 Å². The quantitative estimate of drug-likeness (QED) is 0.840. The van der Waals surface area contributed by atoms with Gasteiger partial charge in [0.2, 0.25) is 0 Å². The molecule has 2 rings (SSSR count). The van der Waals surface area contributed by atoms with Crippen LogP contribution in [0, 0.1) is 0 Å². The summed E-state index contributed by atoms with van der Waals surface area (Å²) < 4.78 is 1.03. The topological polar surface area (TPSA) is 21.3 Å². The Bertz CT molecular complexity index is 312. The molecule has 2 nitrogen and oxygen atoms in total. The molecule has 70 valence electrons. The molecule has 0 aliphatic carbocycles. The molecular weight excluding hydrogens is 253 g/mol. The number of hydroxylamine groups is 1. The van der Waals surface area contributed by atoms with E-state index in [1.54, 1.807) is 0 Å². The lowest BCUT2D eigenvalue weighted by molar-refractivity contribution is 0.0882. The maximum Gasteiger partial charge on any atom is 0.0701 e. The summed E-state index contributed by atoms with van der Waals surface area (Å²) in [5.41, 5.74) is 4.16. The van der Waals surface area contributed by atoms with Crippen LogP contribution in [0.25, 0.3) is 0 Å². The molecule has 0 saturated carbocycles. The van der Waals surface area contributed by atoms with E-state index >= 15 is 0 Å². The Balaban J connectivity index is 2.29. The third-order valence-corrected chi connectivity index (χ3v) is 2.99. The molecular formula is C9H9BrClNO. The van der Waals surface area contributed by atoms with Gasteiger partial charge in [-0.05, 0) is 24.1 Å². The summed E-state index contributed by atoms with van der Waals surface area (Å²) in [6.07, 6.45) is 1.00. The van der Waals surface area contributed by atoms with Gasteiger partial charge < -0.3 is 4.84 Å². The third kappa shape index (κ3) is 2.05. The van der Waals surface area contributed by atoms with E-state index in [2.05, 4.69) is 21.4 Å². The van der Waals surface area contributed by atoms with Crippen LogP contribution in [0.15, 0.2) is 22.7 Å². The second-order valence-electron chi connectivity index (χ2n) is 2.97. The van der Waals surface area contributed by atoms with E-state index in [1.807, 2.05) is 18.2 Å². The zero-order chi connectivity index (χ0) is 9.26. The van der Waals surface area contributed by atoms with Gasteiger partial charge in [0.15, 0.2) is 0 Å². The number of hydrogen-bond acceptors (Lipinski definition) is 2. The molecule has 0 bridgehead atoms. The molecule has 1 unspecified atom stereocenters. The van der Waals surface area contributed by atoms with Gasteiger partial charge in [-0.2, -0.15) is 5.48 Å². The maximum atomic E-state index is 5.84. The SMILES string of the molecule is Clc1ccc(C2CCON2)c(Br)c1. The summed E-state index contributed by atoms with van der Waals surface area (Å²) in [6.45, 7) is 0.764. The van der Waals surface area contributed by atoms with Crippen molar-refractivity contribution < 1.29 is 4.84 Å². The number of hydrogen-bond donors (Lipinski definition) is 1. The van der Waals surface area contributed by atoms with E-state index < -0.39 is 0 Å². The molecule has 0 amide bonds. The Morgan fingerprint density at radius 2 is 2.38 bits per heavy atom. The highest BCUT2D eigenvalue weighted by atomic mass is 79.9. The van der Waals surface area contributed by atoms with Crippen LogP contribution < -0.4 is 5.48 Å². The fourth-order valence-electron chi connectivity index (χ4n) is 1.40. The van der Waals surface area contributed by atoms with Crippen molar-refractivity contribution in [3.05, 3.63) is 33.3 Å². The normalized spacial score (nSPS) is 22.2. The average Bonchev–Trinajstić information content (AvgIpc) is 2.56. The highest BCUT2D eigenvalue weighted by Gasteiger charge is 2.19. The van der Waals surface area contributed by atoms with Crippen LogP contribution in [0.4, 0.5) is 0 Å². The zero-order valence-electron chi connectivity index (χ0n) is 6.89. The second-order valence-corrected chi connectivity index (χ2v) is 4.26. The fourth-order valence-corrected chi connectivity index (χ4v) is 2.36. The molecule has 0 radical (unpaired) electrons. The molecule has 1 N–H and O–H groups in total. The molecule has 1 heterocycles. The first kappa shape index (κ1) is 9.46. The van der Waals surface area contributed by atoms with Gasteiger partial charge in [0.1, 0.15) is 0 Å². The first-order valence-electron chi connectivity index (χ1n) is 4.09. The minimum Gasteiger partial charge on any atom is -0.301 e. The Kier molecular flexibility index (Phi) is 2.89. The van der Waals surface area contributed by atoms with Gasteiger partial charge in [-0.1, -0.05) is 33.6 Å². The monoisotopic (exact) mass is 261 g/mol. The van der Waals surface area contributed by atoms with E-state index in [-0.39, 0.29) is 6.04 Å². The van der Waals surface area contributed by atoms with Gasteiger partial charge >= 0.3 is 0 Å². The second kappa shape index (κ2) is 3.96. The van der Waals surface area contributed by atoms with Crippen molar-refractivity contribution in [1.29, 1.82) is 0 Å². The molecule has 1 aliphatic rings. The van der Waals surface area contributed by atoms with Gasteiger partial charge in [0.25, 0.3) is 0 Å². The lowest BCUT2D eigenvalue weighted by atomic mass is 10.1. The summed E-state index contributed by atoms with van der Waals surface area (Å²) in [6, 6.07) is 6.09. The van der Waals surface area contributed by atoms with Gasteiger partial charge in [0, 0.05) is 9.50 Å². The van der Waals surface area contributed by atoms with Crippen molar-refractivity contribution in [2.24, 2.45) is 0 Å². The molecule has 1 aromatic rings. The van der Waals surface area contributed by atoms with Crippen LogP contribution in [0.5, 0.6) is 0 Å². The fraction of sp³-hybridized carbons (Fsp3) is 0.333. The van der Waals surface area contributed by atoms with Crippen LogP contribution in [0.3, 0.4) is 0 Å². The molecule has 13 heavy (non-hydrogen) atoms. The lowest BCUT2D eigenvalue weighted by Gasteiger charge is -2.10. The van der Waals surface area contributed by atoms with Crippen LogP contribution in [0.2, 0.25) is 5.02 Å². The van der Waals surface area contributed by atoms with Crippen molar-refractivity contribution >= 4 is 27.5 Å². The Morgan fingerprint density at radius 3 is 3.00 bits per heavy atom. The maximum absolute atomic E-state index is 5.84. The zero-order valence-corrected chi connectivity index (χ0v) is 9.23. The van der Waals surface area contributed by atoms with Crippen molar-refractivity contribution in [2.45, 2.75) is 12.5 Å². The third-order valence-electron chi connectivity index (χ3n) is 2.07. The summed E-state index contributed by atoms with van der Waals surface area (Å²) in [7, 11) is 0. The molecule has 0 spiro atoms. The van der Waals surface area contributed by atoms with Gasteiger partial charge in [0.05, 0.1) is 12.6 Å². The highest BCUT2D eigenvalue weighted by Crippen LogP contribution is 2.30. The Morgan fingerprint density at radius 1 is 1.54 bits per heavy atom. The summed E-state index contributed by atoms with van der Waals surface area (Å²) in [4.78, 5) is 5.09. The van der Waals surface area contributed by atoms with Crippen LogP contribution in [-0.2, 0) is 4.84 Å². The number of halogens is 2. The van der Waals surface area contributed by atoms with Gasteiger partial charge in [-0.25, -0.2) is 0 Å². The predicted molar refractivity (Wildman–Crippen MR) is 55.6 cm³/mol. The number of rotatable bonds is 1. The van der Waals surface area contributed by atoms with Crippen molar-refractivity contribution in [3.8, 4) is 0 Å². The van der Waals surface area contributed by atoms with E-state index in [4.69, 9.17) is 16.4 Å². The molecule has 1 aliphatic heterocycles. The van der Waals surface area contributed by atoms with Crippen molar-refractivity contribution in [1.82, 2.24) is 5.48 Å². The molecule has 1 saturated heterocycles. The minimum absolute atomic E-state index is 0.284. The van der Waals surface area contributed by atoms with Gasteiger partial charge in [-0.15, -0.1) is 0 Å². The number of nitrogens with one attached hydrogen (secondary N) is 1. The van der Waals surface area contributed by atoms with E-state index in [1.165, 1.54) is 5.56 Å². The van der Waals surface area contributed by atoms with Gasteiger partial charge in [-0.3, -0.25) is 0 Å². The standard InChI is InChI=1S/C9H9BrClNO/c10-8-5-6(11)1-2-7(8)9-3-4-13-12-9/h1-2,5,9,12H,3-4H2. The molecule has 1 aromatic carbocycles. The predicted octanol–water partition coefficient (Wildman–Crippen LogP) is 3.07. The Hall–Kier alpha value is -0.0900. The largest absolute Gasteiger partial charge is 0.301 e. The summed E-state index contributed by atoms with van der Waals surface area (Å²) >= 11 is 9.32. The highest BCUT2D eigenvalue weighted by molar-refractivity contribution is 9.10. The first-order valence-corrected chi connectivity index (χ1v) is 5.27. The minimum atomic E-state index is 0.284. The summed E-state index contributed by atoms with van der Waals surface area (Å²) in [5, 5.41) is 0.745. The molecule has 1 fully saturated rings. The van der Waals surface area contributed by atoms with Crippen LogP contribution in [-0.4, -0.2) is 6.61 Å². The van der Waals surface area contributed by atoms with Crippen molar-refractivity contribution in [2.75, 3.05) is 6.61 Å². The molecule has 0 aromatic heterocycles. The van der Waals surface area contributed by atoms with Crippen molar-refractivity contribution in [3.63, 3.8) is 0 Å². The first-order chi connectivity index (χ1) is 6.27. The van der Waals surface area contributed by atoms with E-state index in [9.17, 15) is 0 Å².